The van der Waals surface area contributed by atoms with Crippen LogP contribution in [0.4, 0.5) is 0 Å². The summed E-state index contributed by atoms with van der Waals surface area (Å²) in [4.78, 5) is 0.0404. The molecule has 0 spiro atoms. The van der Waals surface area contributed by atoms with Crippen molar-refractivity contribution in [1.29, 1.82) is 0 Å². The molecule has 2 rings (SSSR count). The first-order chi connectivity index (χ1) is 12.3. The van der Waals surface area contributed by atoms with Crippen molar-refractivity contribution in [2.24, 2.45) is 0 Å². The highest BCUT2D eigenvalue weighted by atomic mass is 32.2. The third kappa shape index (κ3) is 4.81. The van der Waals surface area contributed by atoms with Crippen molar-refractivity contribution in [2.45, 2.75) is 32.2 Å². The number of nitrogens with zero attached hydrogens (tertiary/aromatic N) is 1. The van der Waals surface area contributed by atoms with Crippen LogP contribution in [0.5, 0.6) is 0 Å². The van der Waals surface area contributed by atoms with Crippen LogP contribution in [-0.2, 0) is 30.2 Å². The molecule has 6 nitrogen and oxygen atoms in total. The fraction of sp³-hybridized carbons (Fsp3) is 0.333. The predicted octanol–water partition coefficient (Wildman–Crippen LogP) is 4.37. The van der Waals surface area contributed by atoms with Gasteiger partial charge in [0.1, 0.15) is 0 Å². The van der Waals surface area contributed by atoms with E-state index >= 15 is 0 Å². The number of aryl methyl sites for hydroxylation is 1. The maximum Gasteiger partial charge on any atom is 0.422 e. The molecule has 0 aliphatic carbocycles. The Balaban J connectivity index is 2.54. The Morgan fingerprint density at radius 3 is 1.96 bits per heavy atom. The molecular weight excluding hydrogens is 373 g/mol. The predicted molar refractivity (Wildman–Crippen MR) is 101 cm³/mol. The zero-order valence-electron chi connectivity index (χ0n) is 15.2. The molecule has 0 heterocycles. The van der Waals surface area contributed by atoms with Crippen LogP contribution in [0.25, 0.3) is 0 Å². The van der Waals surface area contributed by atoms with Crippen LogP contribution in [0.15, 0.2) is 59.5 Å². The fourth-order valence-electron chi connectivity index (χ4n) is 2.37. The fourth-order valence-corrected chi connectivity index (χ4v) is 6.35. The smallest absolute Gasteiger partial charge is 0.296 e. The summed E-state index contributed by atoms with van der Waals surface area (Å²) in [5.41, 5.74) is 1.61. The molecule has 0 atom stereocenters. The van der Waals surface area contributed by atoms with Gasteiger partial charge < -0.3 is 0 Å². The topological polar surface area (TPSA) is 72.9 Å². The quantitative estimate of drug-likeness (QED) is 0.588. The van der Waals surface area contributed by atoms with Gasteiger partial charge in [0.05, 0.1) is 24.7 Å². The van der Waals surface area contributed by atoms with Crippen molar-refractivity contribution in [3.05, 3.63) is 65.7 Å². The van der Waals surface area contributed by atoms with Crippen LogP contribution in [0.1, 0.15) is 25.0 Å². The largest absolute Gasteiger partial charge is 0.422 e. The van der Waals surface area contributed by atoms with Gasteiger partial charge >= 0.3 is 7.75 Å². The molecule has 0 radical (unpaired) electrons. The Kier molecular flexibility index (Phi) is 7.15. The molecule has 0 fully saturated rings. The average Bonchev–Trinajstić information content (AvgIpc) is 2.61. The van der Waals surface area contributed by atoms with E-state index < -0.39 is 17.8 Å². The van der Waals surface area contributed by atoms with Gasteiger partial charge in [-0.25, -0.2) is 13.0 Å². The van der Waals surface area contributed by atoms with E-state index in [0.29, 0.717) is 5.56 Å². The Morgan fingerprint density at radius 2 is 1.46 bits per heavy atom. The second kappa shape index (κ2) is 8.93. The van der Waals surface area contributed by atoms with Crippen LogP contribution in [0.2, 0.25) is 0 Å². The van der Waals surface area contributed by atoms with E-state index in [1.807, 2.05) is 13.0 Å². The second-order valence-corrected chi connectivity index (χ2v) is 9.66. The van der Waals surface area contributed by atoms with Gasteiger partial charge in [0.15, 0.2) is 0 Å². The van der Waals surface area contributed by atoms with Crippen molar-refractivity contribution >= 4 is 17.8 Å². The summed E-state index contributed by atoms with van der Waals surface area (Å²) in [6, 6.07) is 15.3. The average molecular weight is 397 g/mol. The Morgan fingerprint density at radius 1 is 0.923 bits per heavy atom. The third-order valence-corrected chi connectivity index (χ3v) is 8.27. The summed E-state index contributed by atoms with van der Waals surface area (Å²) in [5.74, 6) is 0. The van der Waals surface area contributed by atoms with Crippen molar-refractivity contribution < 1.29 is 22.0 Å². The van der Waals surface area contributed by atoms with Gasteiger partial charge in [-0.3, -0.25) is 9.05 Å². The monoisotopic (exact) mass is 397 g/mol. The molecule has 26 heavy (non-hydrogen) atoms. The zero-order chi connectivity index (χ0) is 19.2. The molecule has 0 aliphatic rings. The highest BCUT2D eigenvalue weighted by Gasteiger charge is 2.42. The van der Waals surface area contributed by atoms with Gasteiger partial charge in [-0.05, 0) is 38.5 Å². The summed E-state index contributed by atoms with van der Waals surface area (Å²) in [6.45, 7) is 5.16. The maximum absolute atomic E-state index is 13.3. The molecule has 0 saturated heterocycles. The van der Waals surface area contributed by atoms with Crippen molar-refractivity contribution in [3.63, 3.8) is 0 Å². The summed E-state index contributed by atoms with van der Waals surface area (Å²) in [5, 5.41) is 0. The Labute approximate surface area is 155 Å². The SMILES string of the molecule is CCOP(=O)(OCC)N(Cc1ccccc1)S(=O)(=O)c1ccc(C)cc1. The van der Waals surface area contributed by atoms with Crippen molar-refractivity contribution in [3.8, 4) is 0 Å². The van der Waals surface area contributed by atoms with Gasteiger partial charge in [-0.1, -0.05) is 52.1 Å². The summed E-state index contributed by atoms with van der Waals surface area (Å²) in [6.07, 6.45) is 0. The highest BCUT2D eigenvalue weighted by Crippen LogP contribution is 2.55. The Hall–Kier alpha value is -1.50. The number of hydrogen-bond acceptors (Lipinski definition) is 5. The molecule has 142 valence electrons. The van der Waals surface area contributed by atoms with Gasteiger partial charge in [0.25, 0.3) is 10.0 Å². The van der Waals surface area contributed by atoms with E-state index in [1.165, 1.54) is 12.1 Å². The van der Waals surface area contributed by atoms with Crippen LogP contribution in [0.3, 0.4) is 0 Å². The molecule has 0 N–H and O–H groups in total. The van der Waals surface area contributed by atoms with E-state index in [1.54, 1.807) is 50.2 Å². The van der Waals surface area contributed by atoms with E-state index in [4.69, 9.17) is 9.05 Å². The summed E-state index contributed by atoms with van der Waals surface area (Å²) < 4.78 is 51.3. The van der Waals surface area contributed by atoms with E-state index in [9.17, 15) is 13.0 Å². The van der Waals surface area contributed by atoms with Gasteiger partial charge in [0, 0.05) is 0 Å². The Bertz CT molecular complexity index is 843. The molecule has 2 aromatic rings. The van der Waals surface area contributed by atoms with Crippen molar-refractivity contribution in [1.82, 2.24) is 4.08 Å². The van der Waals surface area contributed by atoms with E-state index in [2.05, 4.69) is 0 Å². The molecule has 0 amide bonds. The molecule has 0 aromatic heterocycles. The third-order valence-electron chi connectivity index (χ3n) is 3.61. The first-order valence-electron chi connectivity index (χ1n) is 8.36. The lowest BCUT2D eigenvalue weighted by atomic mass is 10.2. The first-order valence-corrected chi connectivity index (χ1v) is 11.3. The molecular formula is C18H24NO5PS. The minimum Gasteiger partial charge on any atom is -0.296 e. The molecule has 2 aromatic carbocycles. The van der Waals surface area contributed by atoms with Crippen LogP contribution in [0, 0.1) is 6.92 Å². The number of benzene rings is 2. The lowest BCUT2D eigenvalue weighted by molar-refractivity contribution is 0.189. The van der Waals surface area contributed by atoms with Crippen LogP contribution < -0.4 is 0 Å². The van der Waals surface area contributed by atoms with Gasteiger partial charge in [-0.2, -0.15) is 0 Å². The van der Waals surface area contributed by atoms with E-state index in [0.717, 1.165) is 9.64 Å². The minimum absolute atomic E-state index is 0.0404. The summed E-state index contributed by atoms with van der Waals surface area (Å²) >= 11 is 0. The number of hydrogen-bond donors (Lipinski definition) is 0. The highest BCUT2D eigenvalue weighted by molar-refractivity contribution is 7.94. The molecule has 8 heteroatoms. The standard InChI is InChI=1S/C18H24NO5PS/c1-4-23-25(20,24-5-2)19(15-17-9-7-6-8-10-17)26(21,22)18-13-11-16(3)12-14-18/h6-14H,4-5,15H2,1-3H3. The maximum atomic E-state index is 13.3. The molecule has 0 saturated carbocycles. The van der Waals surface area contributed by atoms with Gasteiger partial charge in [0.2, 0.25) is 0 Å². The lowest BCUT2D eigenvalue weighted by Gasteiger charge is -2.29. The minimum atomic E-state index is -4.10. The lowest BCUT2D eigenvalue weighted by Crippen LogP contribution is -2.30. The molecule has 0 unspecified atom stereocenters. The van der Waals surface area contributed by atoms with Crippen LogP contribution >= 0.6 is 7.75 Å². The second-order valence-electron chi connectivity index (χ2n) is 5.59. The number of sulfonamides is 1. The zero-order valence-corrected chi connectivity index (χ0v) is 16.9. The molecule has 0 aliphatic heterocycles. The first kappa shape index (κ1) is 20.8. The number of rotatable bonds is 9. The summed E-state index contributed by atoms with van der Waals surface area (Å²) in [7, 11) is -8.15. The van der Waals surface area contributed by atoms with Gasteiger partial charge in [-0.15, -0.1) is 0 Å². The van der Waals surface area contributed by atoms with Crippen molar-refractivity contribution in [2.75, 3.05) is 13.2 Å². The normalized spacial score (nSPS) is 12.5. The molecule has 0 bridgehead atoms. The van der Waals surface area contributed by atoms with Crippen LogP contribution in [-0.4, -0.2) is 25.7 Å². The van der Waals surface area contributed by atoms with E-state index in [-0.39, 0.29) is 24.7 Å².